The Kier molecular flexibility index (Phi) is 24.4. The zero-order valence-corrected chi connectivity index (χ0v) is 58.5. The molecule has 35 heteroatoms. The van der Waals surface area contributed by atoms with Gasteiger partial charge in [-0.05, 0) is 174 Å². The number of ether oxygens (including phenoxy) is 1. The van der Waals surface area contributed by atoms with Crippen LogP contribution in [0.1, 0.15) is 78.0 Å². The van der Waals surface area contributed by atoms with E-state index in [1.54, 1.807) is 42.5 Å². The van der Waals surface area contributed by atoms with E-state index in [1.165, 1.54) is 80.0 Å². The molecule has 1 saturated heterocycles. The molecule has 1 fully saturated rings. The van der Waals surface area contributed by atoms with Gasteiger partial charge < -0.3 is 43.2 Å². The van der Waals surface area contributed by atoms with Crippen molar-refractivity contribution in [2.24, 2.45) is 0 Å². The summed E-state index contributed by atoms with van der Waals surface area (Å²) in [7, 11) is -11.0. The average Bonchev–Trinajstić information content (AvgIpc) is 1.73. The lowest BCUT2D eigenvalue weighted by Crippen LogP contribution is -2.42. The SMILES string of the molecule is Cc1cc(F)c(C(=O)c2sc(Nc3ccc(S(=O)(=O)NCCOC(C)C)cc3)nc2N)c(F)c1.Nc1nc(Nc2ccc(S(=O)(=O)NC3CCNCC3)cc2)sc1C(=O)c1c(F)cccc1F.Nc1nc(Nc2ccc(S(=O)(=O)c3ccncc3)cc2)sc1C(=O)c1c(Cl)cccc1Cl. The zero-order valence-electron chi connectivity index (χ0n) is 52.1. The van der Waals surface area contributed by atoms with Gasteiger partial charge in [-0.3, -0.25) is 19.4 Å². The number of piperidine rings is 1. The van der Waals surface area contributed by atoms with E-state index in [1.807, 2.05) is 13.8 Å². The topological polar surface area (TPSA) is 365 Å². The van der Waals surface area contributed by atoms with Crippen LogP contribution >= 0.6 is 57.2 Å². The predicted molar refractivity (Wildman–Crippen MR) is 375 cm³/mol. The molecule has 12 N–H and O–H groups in total. The van der Waals surface area contributed by atoms with Gasteiger partial charge in [-0.2, -0.15) is 0 Å². The minimum Gasteiger partial charge on any atom is -0.382 e. The molecule has 0 radical (unpaired) electrons. The number of carbonyl (C=O) groups is 3. The standard InChI is InChI=1S/C22H24F2N4O4S2.C21H14Cl2N4O3S2.C21H21F2N5O3S2/c1-12(2)32-9-8-26-34(30,31)15-6-4-14(5-7-15)27-22-28-21(25)20(33-22)19(29)18-16(23)10-13(3)11-17(18)24;22-15-2-1-3-16(23)17(15)18(28)19-20(24)27-21(31-19)26-12-4-6-13(7-5-12)32(29,30)14-8-10-25-11-9-14;22-15-2-1-3-16(23)17(15)18(29)19-20(24)27-21(32-19)26-12-4-6-14(7-5-12)33(30,31)28-13-8-10-25-11-9-13/h4-7,10-12,26H,8-9,25H2,1-3H3,(H,27,28);1-11H,24H2,(H,26,27);1-7,13,25,28H,8-11,24H2,(H,26,27). The molecular formula is C64H59Cl2F4N13O10S6. The third kappa shape index (κ3) is 18.7. The summed E-state index contributed by atoms with van der Waals surface area (Å²) in [5.74, 6) is -6.49. The van der Waals surface area contributed by atoms with Crippen molar-refractivity contribution in [2.45, 2.75) is 65.3 Å². The Balaban J connectivity index is 0.000000174. The highest BCUT2D eigenvalue weighted by molar-refractivity contribution is 7.91. The highest BCUT2D eigenvalue weighted by atomic mass is 35.5. The molecule has 0 aliphatic carbocycles. The fraction of sp³-hybridized carbons (Fsp3) is 0.172. The van der Waals surface area contributed by atoms with Crippen molar-refractivity contribution < 1.29 is 61.9 Å². The van der Waals surface area contributed by atoms with E-state index in [4.69, 9.17) is 45.1 Å². The Morgan fingerprint density at radius 3 is 1.37 bits per heavy atom. The number of pyridine rings is 1. The Morgan fingerprint density at radius 2 is 0.939 bits per heavy atom. The van der Waals surface area contributed by atoms with Crippen LogP contribution in [0.4, 0.5) is 67.5 Å². The highest BCUT2D eigenvalue weighted by Crippen LogP contribution is 2.37. The van der Waals surface area contributed by atoms with Crippen LogP contribution in [0, 0.1) is 30.2 Å². The Hall–Kier alpha value is -8.84. The molecular weight excluding hydrogens is 1450 g/mol. The van der Waals surface area contributed by atoms with Crippen LogP contribution in [0.15, 0.2) is 165 Å². The number of carbonyl (C=O) groups excluding carboxylic acids is 3. The van der Waals surface area contributed by atoms with Gasteiger partial charge in [-0.15, -0.1) is 0 Å². The number of benzene rings is 6. The van der Waals surface area contributed by atoms with Crippen LogP contribution in [-0.2, 0) is 34.6 Å². The van der Waals surface area contributed by atoms with Gasteiger partial charge in [0.05, 0.1) is 59.0 Å². The second-order valence-electron chi connectivity index (χ2n) is 21.6. The van der Waals surface area contributed by atoms with E-state index in [2.05, 4.69) is 50.6 Å². The Labute approximate surface area is 587 Å². The van der Waals surface area contributed by atoms with Gasteiger partial charge in [0.1, 0.15) is 55.4 Å². The summed E-state index contributed by atoms with van der Waals surface area (Å²) in [6, 6.07) is 30.8. The molecule has 518 valence electrons. The number of halogens is 6. The quantitative estimate of drug-likeness (QED) is 0.0163. The van der Waals surface area contributed by atoms with Gasteiger partial charge in [-0.1, -0.05) is 69.3 Å². The van der Waals surface area contributed by atoms with Gasteiger partial charge in [0.25, 0.3) is 0 Å². The molecule has 4 aromatic heterocycles. The number of sulfonamides is 2. The third-order valence-corrected chi connectivity index (χ3v) is 22.5. The minimum atomic E-state index is -3.71. The molecule has 1 aliphatic rings. The fourth-order valence-corrected chi connectivity index (χ4v) is 16.0. The molecule has 1 aliphatic heterocycles. The molecule has 6 aromatic carbocycles. The molecule has 0 atom stereocenters. The number of aromatic nitrogens is 4. The largest absolute Gasteiger partial charge is 0.382 e. The van der Waals surface area contributed by atoms with Gasteiger partial charge in [0, 0.05) is 42.0 Å². The second kappa shape index (κ2) is 32.4. The van der Waals surface area contributed by atoms with Crippen LogP contribution in [0.2, 0.25) is 10.0 Å². The molecule has 0 spiro atoms. The number of nitrogens with two attached hydrogens (primary N) is 3. The van der Waals surface area contributed by atoms with Crippen LogP contribution in [-0.4, -0.2) is 101 Å². The monoisotopic (exact) mass is 1510 g/mol. The molecule has 10 aromatic rings. The van der Waals surface area contributed by atoms with Gasteiger partial charge >= 0.3 is 0 Å². The van der Waals surface area contributed by atoms with E-state index in [9.17, 15) is 57.2 Å². The van der Waals surface area contributed by atoms with Gasteiger partial charge in [-0.25, -0.2) is 67.2 Å². The normalized spacial score (nSPS) is 12.6. The summed E-state index contributed by atoms with van der Waals surface area (Å²) in [5, 5.41) is 13.3. The molecule has 11 rings (SSSR count). The number of anilines is 9. The van der Waals surface area contributed by atoms with E-state index >= 15 is 0 Å². The number of aryl methyl sites for hydroxylation is 1. The summed E-state index contributed by atoms with van der Waals surface area (Å²) in [6.45, 7) is 7.14. The predicted octanol–water partition coefficient (Wildman–Crippen LogP) is 12.2. The first-order valence-electron chi connectivity index (χ1n) is 29.4. The maximum Gasteiger partial charge on any atom is 0.240 e. The highest BCUT2D eigenvalue weighted by Gasteiger charge is 2.29. The smallest absolute Gasteiger partial charge is 0.240 e. The van der Waals surface area contributed by atoms with Crippen molar-refractivity contribution in [2.75, 3.05) is 59.4 Å². The average molecular weight is 1510 g/mol. The van der Waals surface area contributed by atoms with Crippen LogP contribution in [0.25, 0.3) is 0 Å². The zero-order chi connectivity index (χ0) is 71.5. The minimum absolute atomic E-state index is 0.000469. The first-order valence-corrected chi connectivity index (χ1v) is 37.0. The van der Waals surface area contributed by atoms with Crippen molar-refractivity contribution in [3.05, 3.63) is 216 Å². The lowest BCUT2D eigenvalue weighted by molar-refractivity contribution is 0.0833. The van der Waals surface area contributed by atoms with Gasteiger partial charge in [0.2, 0.25) is 47.2 Å². The summed E-state index contributed by atoms with van der Waals surface area (Å²) in [5.41, 5.74) is 18.2. The van der Waals surface area contributed by atoms with Crippen molar-refractivity contribution in [1.29, 1.82) is 0 Å². The Morgan fingerprint density at radius 1 is 0.556 bits per heavy atom. The summed E-state index contributed by atoms with van der Waals surface area (Å²) < 4.78 is 142. The van der Waals surface area contributed by atoms with E-state index in [0.717, 1.165) is 90.3 Å². The summed E-state index contributed by atoms with van der Waals surface area (Å²) >= 11 is 15.0. The first kappa shape index (κ1) is 74.4. The number of rotatable bonds is 23. The van der Waals surface area contributed by atoms with Crippen molar-refractivity contribution in [3.8, 4) is 0 Å². The fourth-order valence-electron chi connectivity index (χ4n) is 9.29. The number of ketones is 3. The lowest BCUT2D eigenvalue weighted by Gasteiger charge is -2.23. The van der Waals surface area contributed by atoms with Crippen molar-refractivity contribution in [3.63, 3.8) is 0 Å². The number of nitrogens with one attached hydrogen (secondary N) is 6. The second-order valence-corrected chi connectivity index (χ2v) is 30.8. The van der Waals surface area contributed by atoms with Gasteiger partial charge in [0.15, 0.2) is 15.4 Å². The number of nitrogen functional groups attached to an aromatic ring is 3. The molecule has 0 saturated carbocycles. The van der Waals surface area contributed by atoms with E-state index in [0.29, 0.717) is 27.8 Å². The maximum atomic E-state index is 14.2. The number of hydrogen-bond donors (Lipinski definition) is 9. The van der Waals surface area contributed by atoms with E-state index < -0.39 is 81.6 Å². The maximum absolute atomic E-state index is 14.2. The Bertz CT molecular complexity index is 4900. The molecule has 23 nitrogen and oxygen atoms in total. The number of hydrogen-bond acceptors (Lipinski definition) is 24. The van der Waals surface area contributed by atoms with Crippen LogP contribution < -0.4 is 47.9 Å². The first-order chi connectivity index (χ1) is 47.0. The summed E-state index contributed by atoms with van der Waals surface area (Å²) in [6.07, 6.45) is 4.29. The molecule has 5 heterocycles. The molecule has 99 heavy (non-hydrogen) atoms. The number of sulfone groups is 1. The lowest BCUT2D eigenvalue weighted by atomic mass is 10.1. The molecule has 0 bridgehead atoms. The van der Waals surface area contributed by atoms with E-state index in [-0.39, 0.29) is 103 Å². The van der Waals surface area contributed by atoms with Crippen molar-refractivity contribution in [1.82, 2.24) is 34.7 Å². The van der Waals surface area contributed by atoms with Crippen LogP contribution in [0.3, 0.4) is 0 Å². The summed E-state index contributed by atoms with van der Waals surface area (Å²) in [4.78, 5) is 54.7. The number of nitrogens with zero attached hydrogens (tertiary/aromatic N) is 4. The number of thiazole rings is 3. The molecule has 0 unspecified atom stereocenters. The van der Waals surface area contributed by atoms with Crippen molar-refractivity contribution >= 4 is 154 Å². The molecule has 0 amide bonds. The third-order valence-electron chi connectivity index (χ3n) is 14.1. The van der Waals surface area contributed by atoms with Crippen LogP contribution in [0.5, 0.6) is 0 Å².